The van der Waals surface area contributed by atoms with E-state index in [1.807, 2.05) is 18.2 Å². The van der Waals surface area contributed by atoms with Gasteiger partial charge in [0.05, 0.1) is 11.6 Å². The standard InChI is InChI=1S/C16H19NO/c1-11-4-5-13(9-11)16(18)14-7-6-12-3-2-8-17-15(12)10-14/h2-3,6-8,10-11,13,16,18H,4-5,9H2,1H3. The summed E-state index contributed by atoms with van der Waals surface area (Å²) in [7, 11) is 0. The summed E-state index contributed by atoms with van der Waals surface area (Å²) in [5.74, 6) is 1.17. The molecule has 0 amide bonds. The molecule has 0 aliphatic heterocycles. The van der Waals surface area contributed by atoms with Crippen LogP contribution in [0.4, 0.5) is 0 Å². The van der Waals surface area contributed by atoms with Crippen molar-refractivity contribution in [2.24, 2.45) is 11.8 Å². The molecule has 1 aromatic heterocycles. The second-order valence-corrected chi connectivity index (χ2v) is 5.58. The van der Waals surface area contributed by atoms with Gasteiger partial charge < -0.3 is 5.11 Å². The van der Waals surface area contributed by atoms with Gasteiger partial charge in [0.1, 0.15) is 0 Å². The molecule has 2 aromatic rings. The minimum absolute atomic E-state index is 0.332. The molecule has 1 N–H and O–H groups in total. The van der Waals surface area contributed by atoms with Crippen LogP contribution in [0.1, 0.15) is 37.9 Å². The number of nitrogens with zero attached hydrogens (tertiary/aromatic N) is 1. The van der Waals surface area contributed by atoms with E-state index >= 15 is 0 Å². The maximum atomic E-state index is 10.5. The molecule has 3 atom stereocenters. The summed E-state index contributed by atoms with van der Waals surface area (Å²) in [6, 6.07) is 10.1. The zero-order chi connectivity index (χ0) is 12.5. The van der Waals surface area contributed by atoms with Crippen molar-refractivity contribution in [3.05, 3.63) is 42.1 Å². The highest BCUT2D eigenvalue weighted by Crippen LogP contribution is 2.39. The molecule has 94 valence electrons. The molecule has 1 fully saturated rings. The zero-order valence-corrected chi connectivity index (χ0v) is 10.7. The van der Waals surface area contributed by atoms with Gasteiger partial charge in [-0.25, -0.2) is 0 Å². The van der Waals surface area contributed by atoms with Crippen LogP contribution in [0.15, 0.2) is 36.5 Å². The van der Waals surface area contributed by atoms with E-state index in [-0.39, 0.29) is 6.10 Å². The third-order valence-electron chi connectivity index (χ3n) is 4.15. The first-order chi connectivity index (χ1) is 8.74. The van der Waals surface area contributed by atoms with Crippen LogP contribution in [0.3, 0.4) is 0 Å². The number of fused-ring (bicyclic) bond motifs is 1. The zero-order valence-electron chi connectivity index (χ0n) is 10.7. The maximum Gasteiger partial charge on any atom is 0.0819 e. The van der Waals surface area contributed by atoms with E-state index in [2.05, 4.69) is 24.0 Å². The lowest BCUT2D eigenvalue weighted by Gasteiger charge is -2.18. The fourth-order valence-corrected chi connectivity index (χ4v) is 3.08. The van der Waals surface area contributed by atoms with Crippen LogP contribution in [0.5, 0.6) is 0 Å². The van der Waals surface area contributed by atoms with Gasteiger partial charge in [-0.05, 0) is 42.4 Å². The predicted octanol–water partition coefficient (Wildman–Crippen LogP) is 3.70. The summed E-state index contributed by atoms with van der Waals surface area (Å²) < 4.78 is 0. The van der Waals surface area contributed by atoms with Gasteiger partial charge in [0.15, 0.2) is 0 Å². The van der Waals surface area contributed by atoms with E-state index in [1.54, 1.807) is 6.20 Å². The summed E-state index contributed by atoms with van der Waals surface area (Å²) in [6.45, 7) is 2.27. The maximum absolute atomic E-state index is 10.5. The van der Waals surface area contributed by atoms with Crippen molar-refractivity contribution in [1.29, 1.82) is 0 Å². The number of hydrogen-bond acceptors (Lipinski definition) is 2. The number of aromatic nitrogens is 1. The SMILES string of the molecule is CC1CCC(C(O)c2ccc3cccnc3c2)C1. The van der Waals surface area contributed by atoms with E-state index in [0.717, 1.165) is 35.2 Å². The van der Waals surface area contributed by atoms with Crippen molar-refractivity contribution in [3.8, 4) is 0 Å². The minimum atomic E-state index is -0.332. The van der Waals surface area contributed by atoms with Gasteiger partial charge in [0.2, 0.25) is 0 Å². The van der Waals surface area contributed by atoms with E-state index in [0.29, 0.717) is 5.92 Å². The molecule has 18 heavy (non-hydrogen) atoms. The molecule has 3 rings (SSSR count). The molecule has 0 spiro atoms. The molecule has 3 unspecified atom stereocenters. The summed E-state index contributed by atoms with van der Waals surface area (Å²) in [6.07, 6.45) is 5.00. The lowest BCUT2D eigenvalue weighted by atomic mass is 9.93. The topological polar surface area (TPSA) is 33.1 Å². The Morgan fingerprint density at radius 1 is 1.28 bits per heavy atom. The van der Waals surface area contributed by atoms with E-state index in [4.69, 9.17) is 0 Å². The number of rotatable bonds is 2. The molecular weight excluding hydrogens is 222 g/mol. The van der Waals surface area contributed by atoms with Crippen molar-refractivity contribution in [2.75, 3.05) is 0 Å². The summed E-state index contributed by atoms with van der Waals surface area (Å²) >= 11 is 0. The fourth-order valence-electron chi connectivity index (χ4n) is 3.08. The largest absolute Gasteiger partial charge is 0.388 e. The Balaban J connectivity index is 1.89. The predicted molar refractivity (Wildman–Crippen MR) is 73.2 cm³/mol. The molecule has 2 nitrogen and oxygen atoms in total. The normalized spacial score (nSPS) is 25.4. The first-order valence-electron chi connectivity index (χ1n) is 6.77. The number of benzene rings is 1. The van der Waals surface area contributed by atoms with Crippen molar-refractivity contribution in [1.82, 2.24) is 4.98 Å². The van der Waals surface area contributed by atoms with Gasteiger partial charge in [-0.1, -0.05) is 31.5 Å². The molecular formula is C16H19NO. The highest BCUT2D eigenvalue weighted by Gasteiger charge is 2.28. The highest BCUT2D eigenvalue weighted by molar-refractivity contribution is 5.78. The van der Waals surface area contributed by atoms with Gasteiger partial charge >= 0.3 is 0 Å². The Bertz CT molecular complexity index is 552. The molecule has 1 aliphatic rings. The van der Waals surface area contributed by atoms with E-state index in [1.165, 1.54) is 6.42 Å². The number of hydrogen-bond donors (Lipinski definition) is 1. The average molecular weight is 241 g/mol. The van der Waals surface area contributed by atoms with Crippen LogP contribution in [-0.2, 0) is 0 Å². The Labute approximate surface area is 108 Å². The molecule has 1 aliphatic carbocycles. The van der Waals surface area contributed by atoms with Crippen molar-refractivity contribution >= 4 is 10.9 Å². The van der Waals surface area contributed by atoms with Crippen molar-refractivity contribution < 1.29 is 5.11 Å². The summed E-state index contributed by atoms with van der Waals surface area (Å²) in [5, 5.41) is 11.6. The van der Waals surface area contributed by atoms with Gasteiger partial charge in [0.25, 0.3) is 0 Å². The van der Waals surface area contributed by atoms with E-state index < -0.39 is 0 Å². The molecule has 0 saturated heterocycles. The molecule has 1 heterocycles. The van der Waals surface area contributed by atoms with Crippen molar-refractivity contribution in [2.45, 2.75) is 32.3 Å². The third-order valence-corrected chi connectivity index (χ3v) is 4.15. The lowest BCUT2D eigenvalue weighted by molar-refractivity contribution is 0.110. The van der Waals surface area contributed by atoms with Gasteiger partial charge in [0, 0.05) is 11.6 Å². The van der Waals surface area contributed by atoms with Crippen LogP contribution in [0, 0.1) is 11.8 Å². The number of aliphatic hydroxyl groups is 1. The smallest absolute Gasteiger partial charge is 0.0819 e. The van der Waals surface area contributed by atoms with E-state index in [9.17, 15) is 5.11 Å². The molecule has 0 radical (unpaired) electrons. The molecule has 1 aromatic carbocycles. The van der Waals surface area contributed by atoms with Crippen LogP contribution < -0.4 is 0 Å². The van der Waals surface area contributed by atoms with Crippen LogP contribution >= 0.6 is 0 Å². The first kappa shape index (κ1) is 11.7. The molecule has 1 saturated carbocycles. The monoisotopic (exact) mass is 241 g/mol. The molecule has 2 heteroatoms. The van der Waals surface area contributed by atoms with Crippen LogP contribution in [0.2, 0.25) is 0 Å². The van der Waals surface area contributed by atoms with Gasteiger partial charge in [-0.2, -0.15) is 0 Å². The Morgan fingerprint density at radius 3 is 2.94 bits per heavy atom. The minimum Gasteiger partial charge on any atom is -0.388 e. The quantitative estimate of drug-likeness (QED) is 0.869. The number of aliphatic hydroxyl groups excluding tert-OH is 1. The Kier molecular flexibility index (Phi) is 3.04. The summed E-state index contributed by atoms with van der Waals surface area (Å²) in [5.41, 5.74) is 1.99. The van der Waals surface area contributed by atoms with Gasteiger partial charge in [-0.15, -0.1) is 0 Å². The third kappa shape index (κ3) is 2.13. The second kappa shape index (κ2) is 4.69. The second-order valence-electron chi connectivity index (χ2n) is 5.58. The van der Waals surface area contributed by atoms with Gasteiger partial charge in [-0.3, -0.25) is 4.98 Å². The van der Waals surface area contributed by atoms with Crippen molar-refractivity contribution in [3.63, 3.8) is 0 Å². The summed E-state index contributed by atoms with van der Waals surface area (Å²) in [4.78, 5) is 4.35. The molecule has 0 bridgehead atoms. The average Bonchev–Trinajstić information content (AvgIpc) is 2.84. The lowest BCUT2D eigenvalue weighted by Crippen LogP contribution is -2.09. The highest BCUT2D eigenvalue weighted by atomic mass is 16.3. The van der Waals surface area contributed by atoms with Crippen LogP contribution in [0.25, 0.3) is 10.9 Å². The first-order valence-corrected chi connectivity index (χ1v) is 6.77. The Hall–Kier alpha value is -1.41. The number of pyridine rings is 1. The fraction of sp³-hybridized carbons (Fsp3) is 0.438. The Morgan fingerprint density at radius 2 is 2.17 bits per heavy atom. The van der Waals surface area contributed by atoms with Crippen LogP contribution in [-0.4, -0.2) is 10.1 Å².